The van der Waals surface area contributed by atoms with Crippen LogP contribution in [0.3, 0.4) is 0 Å². The van der Waals surface area contributed by atoms with E-state index in [9.17, 15) is 18.0 Å². The van der Waals surface area contributed by atoms with Crippen molar-refractivity contribution in [2.75, 3.05) is 30.2 Å². The number of hydrogen-bond acceptors (Lipinski definition) is 5. The zero-order valence-corrected chi connectivity index (χ0v) is 19.4. The Morgan fingerprint density at radius 2 is 1.81 bits per heavy atom. The Hall–Kier alpha value is -3.07. The SMILES string of the molecule is CCC(=O)N1CCCC(C(=O)Nc2ccc(C)c(S(=O)(=O)Nc3ccc(OC)cc3)c2)C1. The van der Waals surface area contributed by atoms with Crippen LogP contribution in [0.1, 0.15) is 31.7 Å². The van der Waals surface area contributed by atoms with Crippen molar-refractivity contribution < 1.29 is 22.7 Å². The Bertz CT molecular complexity index is 1080. The number of hydrogen-bond donors (Lipinski definition) is 2. The Morgan fingerprint density at radius 3 is 2.47 bits per heavy atom. The highest BCUT2D eigenvalue weighted by atomic mass is 32.2. The average Bonchev–Trinajstić information content (AvgIpc) is 2.80. The van der Waals surface area contributed by atoms with Crippen LogP contribution in [-0.4, -0.2) is 45.3 Å². The van der Waals surface area contributed by atoms with Crippen molar-refractivity contribution in [1.29, 1.82) is 0 Å². The van der Waals surface area contributed by atoms with Gasteiger partial charge in [0.1, 0.15) is 5.75 Å². The molecule has 172 valence electrons. The van der Waals surface area contributed by atoms with Gasteiger partial charge in [0.2, 0.25) is 11.8 Å². The minimum Gasteiger partial charge on any atom is -0.497 e. The lowest BCUT2D eigenvalue weighted by atomic mass is 9.96. The van der Waals surface area contributed by atoms with Gasteiger partial charge in [0, 0.05) is 30.9 Å². The average molecular weight is 460 g/mol. The normalized spacial score (nSPS) is 16.3. The van der Waals surface area contributed by atoms with Gasteiger partial charge >= 0.3 is 0 Å². The molecule has 1 fully saturated rings. The highest BCUT2D eigenvalue weighted by Crippen LogP contribution is 2.25. The fourth-order valence-electron chi connectivity index (χ4n) is 3.72. The number of nitrogens with zero attached hydrogens (tertiary/aromatic N) is 1. The molecule has 2 N–H and O–H groups in total. The van der Waals surface area contributed by atoms with Crippen molar-refractivity contribution in [1.82, 2.24) is 4.90 Å². The molecule has 1 aliphatic rings. The number of anilines is 2. The second-order valence-electron chi connectivity index (χ2n) is 7.84. The molecule has 2 aromatic rings. The Kier molecular flexibility index (Phi) is 7.40. The molecule has 0 bridgehead atoms. The minimum atomic E-state index is -3.87. The van der Waals surface area contributed by atoms with E-state index in [0.29, 0.717) is 48.6 Å². The van der Waals surface area contributed by atoms with Crippen molar-refractivity contribution >= 4 is 33.2 Å². The molecule has 0 saturated carbocycles. The topological polar surface area (TPSA) is 105 Å². The molecule has 32 heavy (non-hydrogen) atoms. The Morgan fingerprint density at radius 1 is 1.12 bits per heavy atom. The lowest BCUT2D eigenvalue weighted by Gasteiger charge is -2.32. The van der Waals surface area contributed by atoms with Crippen molar-refractivity contribution in [3.8, 4) is 5.75 Å². The maximum atomic E-state index is 13.0. The molecule has 8 nitrogen and oxygen atoms in total. The first kappa shape index (κ1) is 23.6. The van der Waals surface area contributed by atoms with Crippen molar-refractivity contribution in [2.45, 2.75) is 38.0 Å². The Balaban J connectivity index is 1.74. The van der Waals surface area contributed by atoms with E-state index in [2.05, 4.69) is 10.0 Å². The zero-order valence-electron chi connectivity index (χ0n) is 18.6. The summed E-state index contributed by atoms with van der Waals surface area (Å²) in [5, 5.41) is 2.82. The number of rotatable bonds is 7. The third kappa shape index (κ3) is 5.59. The summed E-state index contributed by atoms with van der Waals surface area (Å²) in [6.07, 6.45) is 1.87. The predicted octanol–water partition coefficient (Wildman–Crippen LogP) is 3.39. The summed E-state index contributed by atoms with van der Waals surface area (Å²) in [7, 11) is -2.33. The number of aryl methyl sites for hydroxylation is 1. The molecule has 2 aromatic carbocycles. The summed E-state index contributed by atoms with van der Waals surface area (Å²) in [5.41, 5.74) is 1.36. The van der Waals surface area contributed by atoms with E-state index in [4.69, 9.17) is 4.74 Å². The van der Waals surface area contributed by atoms with Crippen LogP contribution in [0.15, 0.2) is 47.4 Å². The number of piperidine rings is 1. The molecule has 1 atom stereocenters. The molecule has 1 aliphatic heterocycles. The van der Waals surface area contributed by atoms with Crippen LogP contribution in [0.4, 0.5) is 11.4 Å². The summed E-state index contributed by atoms with van der Waals surface area (Å²) in [4.78, 5) is 26.6. The molecule has 0 radical (unpaired) electrons. The van der Waals surface area contributed by atoms with Crippen molar-refractivity contribution in [3.63, 3.8) is 0 Å². The quantitative estimate of drug-likeness (QED) is 0.660. The lowest BCUT2D eigenvalue weighted by Crippen LogP contribution is -2.43. The second-order valence-corrected chi connectivity index (χ2v) is 9.49. The van der Waals surface area contributed by atoms with Crippen LogP contribution < -0.4 is 14.8 Å². The number of likely N-dealkylation sites (tertiary alicyclic amines) is 1. The van der Waals surface area contributed by atoms with E-state index in [1.54, 1.807) is 55.1 Å². The first-order valence-electron chi connectivity index (χ1n) is 10.6. The first-order valence-corrected chi connectivity index (χ1v) is 12.1. The monoisotopic (exact) mass is 459 g/mol. The largest absolute Gasteiger partial charge is 0.497 e. The lowest BCUT2D eigenvalue weighted by molar-refractivity contribution is -0.134. The summed E-state index contributed by atoms with van der Waals surface area (Å²) in [6, 6.07) is 11.4. The van der Waals surface area contributed by atoms with Gasteiger partial charge in [0.15, 0.2) is 0 Å². The number of ether oxygens (including phenoxy) is 1. The molecule has 3 rings (SSSR count). The van der Waals surface area contributed by atoms with Crippen LogP contribution in [0.2, 0.25) is 0 Å². The van der Waals surface area contributed by atoms with E-state index in [0.717, 1.165) is 6.42 Å². The molecule has 1 heterocycles. The van der Waals surface area contributed by atoms with Gasteiger partial charge in [-0.25, -0.2) is 8.42 Å². The van der Waals surface area contributed by atoms with Crippen LogP contribution in [-0.2, 0) is 19.6 Å². The van der Waals surface area contributed by atoms with Crippen molar-refractivity contribution in [3.05, 3.63) is 48.0 Å². The van der Waals surface area contributed by atoms with Crippen molar-refractivity contribution in [2.24, 2.45) is 5.92 Å². The zero-order chi connectivity index (χ0) is 23.3. The van der Waals surface area contributed by atoms with Crippen LogP contribution in [0.25, 0.3) is 0 Å². The third-order valence-electron chi connectivity index (χ3n) is 5.53. The van der Waals surface area contributed by atoms with Gasteiger partial charge in [-0.3, -0.25) is 14.3 Å². The smallest absolute Gasteiger partial charge is 0.262 e. The standard InChI is InChI=1S/C23H29N3O5S/c1-4-22(27)26-13-5-6-17(15-26)23(28)24-19-8-7-16(2)21(14-19)32(29,30)25-18-9-11-20(31-3)12-10-18/h7-12,14,17,25H,4-6,13,15H2,1-3H3,(H,24,28). The maximum Gasteiger partial charge on any atom is 0.262 e. The molecule has 1 unspecified atom stereocenters. The number of amides is 2. The van der Waals surface area contributed by atoms with Crippen LogP contribution >= 0.6 is 0 Å². The van der Waals surface area contributed by atoms with E-state index >= 15 is 0 Å². The number of nitrogens with one attached hydrogen (secondary N) is 2. The van der Waals surface area contributed by atoms with Gasteiger partial charge in [0.05, 0.1) is 17.9 Å². The summed E-state index contributed by atoms with van der Waals surface area (Å²) < 4.78 is 33.6. The molecular formula is C23H29N3O5S. The number of methoxy groups -OCH3 is 1. The second kappa shape index (κ2) is 10.0. The number of carbonyl (C=O) groups is 2. The van der Waals surface area contributed by atoms with Gasteiger partial charge in [0.25, 0.3) is 10.0 Å². The van der Waals surface area contributed by atoms with Gasteiger partial charge < -0.3 is 15.0 Å². The predicted molar refractivity (Wildman–Crippen MR) is 123 cm³/mol. The summed E-state index contributed by atoms with van der Waals surface area (Å²) in [5.74, 6) is 0.124. The van der Waals surface area contributed by atoms with Crippen LogP contribution in [0.5, 0.6) is 5.75 Å². The number of sulfonamides is 1. The highest BCUT2D eigenvalue weighted by molar-refractivity contribution is 7.92. The first-order chi connectivity index (χ1) is 15.2. The highest BCUT2D eigenvalue weighted by Gasteiger charge is 2.28. The number of carbonyl (C=O) groups excluding carboxylic acids is 2. The van der Waals surface area contributed by atoms with Crippen LogP contribution in [0, 0.1) is 12.8 Å². The molecule has 0 spiro atoms. The van der Waals surface area contributed by atoms with Gasteiger partial charge in [-0.15, -0.1) is 0 Å². The molecule has 1 saturated heterocycles. The van der Waals surface area contributed by atoms with E-state index < -0.39 is 10.0 Å². The summed E-state index contributed by atoms with van der Waals surface area (Å²) in [6.45, 7) is 4.55. The van der Waals surface area contributed by atoms with E-state index in [-0.39, 0.29) is 22.6 Å². The number of benzene rings is 2. The summed E-state index contributed by atoms with van der Waals surface area (Å²) >= 11 is 0. The molecule has 9 heteroatoms. The molecule has 2 amide bonds. The van der Waals surface area contributed by atoms with E-state index in [1.807, 2.05) is 0 Å². The molecule has 0 aliphatic carbocycles. The molecule has 0 aromatic heterocycles. The van der Waals surface area contributed by atoms with Gasteiger partial charge in [-0.2, -0.15) is 0 Å². The van der Waals surface area contributed by atoms with E-state index in [1.165, 1.54) is 13.2 Å². The van der Waals surface area contributed by atoms with Gasteiger partial charge in [-0.1, -0.05) is 13.0 Å². The maximum absolute atomic E-state index is 13.0. The fraction of sp³-hybridized carbons (Fsp3) is 0.391. The Labute approximate surface area is 189 Å². The van der Waals surface area contributed by atoms with Gasteiger partial charge in [-0.05, 0) is 61.7 Å². The third-order valence-corrected chi connectivity index (χ3v) is 7.06. The fourth-order valence-corrected chi connectivity index (χ4v) is 5.05. The molecular weight excluding hydrogens is 430 g/mol. The minimum absolute atomic E-state index is 0.0378.